The van der Waals surface area contributed by atoms with Crippen molar-refractivity contribution in [1.29, 1.82) is 0 Å². The summed E-state index contributed by atoms with van der Waals surface area (Å²) in [6.45, 7) is 6.40. The molecule has 35 heavy (non-hydrogen) atoms. The van der Waals surface area contributed by atoms with Crippen LogP contribution in [0.2, 0.25) is 0 Å². The zero-order valence-corrected chi connectivity index (χ0v) is 20.8. The molecule has 0 aromatic heterocycles. The Balaban J connectivity index is 1.52. The van der Waals surface area contributed by atoms with Crippen LogP contribution in [0, 0.1) is 0 Å². The van der Waals surface area contributed by atoms with Crippen LogP contribution >= 0.6 is 0 Å². The summed E-state index contributed by atoms with van der Waals surface area (Å²) in [7, 11) is -3.75. The second kappa shape index (κ2) is 10.1. The third-order valence-corrected chi connectivity index (χ3v) is 8.01. The predicted molar refractivity (Wildman–Crippen MR) is 128 cm³/mol. The lowest BCUT2D eigenvalue weighted by Crippen LogP contribution is -2.45. The average Bonchev–Trinajstić information content (AvgIpc) is 2.85. The lowest BCUT2D eigenvalue weighted by molar-refractivity contribution is -0.125. The third kappa shape index (κ3) is 5.06. The number of ether oxygens (including phenoxy) is 3. The number of amides is 2. The molecular weight excluding hydrogens is 474 g/mol. The van der Waals surface area contributed by atoms with Crippen LogP contribution in [0.3, 0.4) is 0 Å². The molecule has 0 fully saturated rings. The molecule has 0 saturated carbocycles. The summed E-state index contributed by atoms with van der Waals surface area (Å²) in [4.78, 5) is 26.8. The second-order valence-electron chi connectivity index (χ2n) is 8.18. The highest BCUT2D eigenvalue weighted by molar-refractivity contribution is 7.89. The standard InChI is InChI=1S/C24H29N3O7S/c1-4-26(5-2)35(30,31)18-7-9-20-19(13-18)27(24(29)15-34-20)14-23(28)25-16(3)17-6-8-21-22(12-17)33-11-10-32-21/h6-9,12-13,16H,4-5,10-11,14-15H2,1-3H3,(H,25,28)/t16-/m0/s1. The summed E-state index contributed by atoms with van der Waals surface area (Å²) < 4.78 is 43.9. The maximum atomic E-state index is 13.0. The SMILES string of the molecule is CCN(CC)S(=O)(=O)c1ccc2c(c1)N(CC(=O)N[C@@H](C)c1ccc3c(c1)OCCO3)C(=O)CO2. The van der Waals surface area contributed by atoms with Gasteiger partial charge in [0.15, 0.2) is 18.1 Å². The van der Waals surface area contributed by atoms with Gasteiger partial charge in [-0.15, -0.1) is 0 Å². The van der Waals surface area contributed by atoms with Crippen molar-refractivity contribution >= 4 is 27.5 Å². The summed E-state index contributed by atoms with van der Waals surface area (Å²) in [5, 5.41) is 2.89. The number of nitrogens with one attached hydrogen (secondary N) is 1. The number of benzene rings is 2. The average molecular weight is 504 g/mol. The number of fused-ring (bicyclic) bond motifs is 2. The number of nitrogens with zero attached hydrogens (tertiary/aromatic N) is 2. The van der Waals surface area contributed by atoms with Crippen molar-refractivity contribution < 1.29 is 32.2 Å². The van der Waals surface area contributed by atoms with E-state index in [0.717, 1.165) is 5.56 Å². The first-order valence-corrected chi connectivity index (χ1v) is 12.9. The lowest BCUT2D eigenvalue weighted by atomic mass is 10.1. The van der Waals surface area contributed by atoms with Gasteiger partial charge in [-0.3, -0.25) is 14.5 Å². The van der Waals surface area contributed by atoms with Crippen LogP contribution in [-0.2, 0) is 19.6 Å². The Kier molecular flexibility index (Phi) is 7.18. The topological polar surface area (TPSA) is 114 Å². The van der Waals surface area contributed by atoms with E-state index in [1.54, 1.807) is 19.9 Å². The van der Waals surface area contributed by atoms with E-state index < -0.39 is 21.8 Å². The number of rotatable bonds is 8. The Labute approximate surface area is 204 Å². The molecule has 2 aliphatic heterocycles. The Morgan fingerprint density at radius 1 is 1.03 bits per heavy atom. The van der Waals surface area contributed by atoms with Gasteiger partial charge < -0.3 is 19.5 Å². The van der Waals surface area contributed by atoms with Gasteiger partial charge in [-0.05, 0) is 42.8 Å². The van der Waals surface area contributed by atoms with Crippen LogP contribution in [-0.4, -0.2) is 64.0 Å². The first kappa shape index (κ1) is 24.8. The first-order chi connectivity index (χ1) is 16.7. The van der Waals surface area contributed by atoms with Crippen LogP contribution < -0.4 is 24.4 Å². The van der Waals surface area contributed by atoms with E-state index in [4.69, 9.17) is 14.2 Å². The normalized spacial score (nSPS) is 15.9. The van der Waals surface area contributed by atoms with Gasteiger partial charge in [0.05, 0.1) is 16.6 Å². The zero-order valence-electron chi connectivity index (χ0n) is 19.9. The van der Waals surface area contributed by atoms with E-state index in [-0.39, 0.29) is 29.8 Å². The molecule has 2 amide bonds. The van der Waals surface area contributed by atoms with Crippen LogP contribution in [0.4, 0.5) is 5.69 Å². The fourth-order valence-corrected chi connectivity index (χ4v) is 5.55. The molecule has 188 valence electrons. The minimum absolute atomic E-state index is 0.0355. The molecule has 1 atom stereocenters. The van der Waals surface area contributed by atoms with Gasteiger partial charge in [0.2, 0.25) is 15.9 Å². The summed E-state index contributed by atoms with van der Waals surface area (Å²) in [6, 6.07) is 9.45. The molecule has 1 N–H and O–H groups in total. The minimum atomic E-state index is -3.75. The van der Waals surface area contributed by atoms with E-state index >= 15 is 0 Å². The molecule has 0 saturated heterocycles. The van der Waals surface area contributed by atoms with Crippen LogP contribution in [0.25, 0.3) is 0 Å². The molecule has 2 aliphatic rings. The first-order valence-electron chi connectivity index (χ1n) is 11.5. The molecule has 2 aromatic rings. The molecule has 4 rings (SSSR count). The fraction of sp³-hybridized carbons (Fsp3) is 0.417. The number of carbonyl (C=O) groups excluding carboxylic acids is 2. The summed E-state index contributed by atoms with van der Waals surface area (Å²) in [6.07, 6.45) is 0. The molecule has 0 unspecified atom stereocenters. The fourth-order valence-electron chi connectivity index (χ4n) is 4.07. The number of carbonyl (C=O) groups is 2. The maximum absolute atomic E-state index is 13.0. The summed E-state index contributed by atoms with van der Waals surface area (Å²) >= 11 is 0. The van der Waals surface area contributed by atoms with Gasteiger partial charge in [-0.25, -0.2) is 8.42 Å². The van der Waals surface area contributed by atoms with E-state index in [0.29, 0.717) is 43.6 Å². The van der Waals surface area contributed by atoms with Crippen molar-refractivity contribution in [3.8, 4) is 17.2 Å². The molecule has 11 heteroatoms. The zero-order chi connectivity index (χ0) is 25.2. The highest BCUT2D eigenvalue weighted by atomic mass is 32.2. The molecule has 2 aromatic carbocycles. The van der Waals surface area contributed by atoms with Crippen LogP contribution in [0.1, 0.15) is 32.4 Å². The largest absolute Gasteiger partial charge is 0.486 e. The maximum Gasteiger partial charge on any atom is 0.265 e. The monoisotopic (exact) mass is 503 g/mol. The minimum Gasteiger partial charge on any atom is -0.486 e. The van der Waals surface area contributed by atoms with Crippen molar-refractivity contribution in [1.82, 2.24) is 9.62 Å². The van der Waals surface area contributed by atoms with Crippen LogP contribution in [0.15, 0.2) is 41.3 Å². The van der Waals surface area contributed by atoms with Gasteiger partial charge in [0.25, 0.3) is 5.91 Å². The molecule has 10 nitrogen and oxygen atoms in total. The Morgan fingerprint density at radius 2 is 1.71 bits per heavy atom. The molecular formula is C24H29N3O7S. The molecule has 0 aliphatic carbocycles. The van der Waals surface area contributed by atoms with Crippen molar-refractivity contribution in [3.63, 3.8) is 0 Å². The van der Waals surface area contributed by atoms with E-state index in [2.05, 4.69) is 5.32 Å². The molecule has 0 bridgehead atoms. The number of hydrogen-bond acceptors (Lipinski definition) is 7. The van der Waals surface area contributed by atoms with Crippen molar-refractivity contribution in [2.45, 2.75) is 31.7 Å². The number of hydrogen-bond donors (Lipinski definition) is 1. The summed E-state index contributed by atoms with van der Waals surface area (Å²) in [5.41, 5.74) is 1.07. The highest BCUT2D eigenvalue weighted by Gasteiger charge is 2.31. The van der Waals surface area contributed by atoms with Crippen molar-refractivity contribution in [2.75, 3.05) is 44.4 Å². The Hall–Kier alpha value is -3.31. The summed E-state index contributed by atoms with van der Waals surface area (Å²) in [5.74, 6) is 0.789. The molecule has 0 radical (unpaired) electrons. The van der Waals surface area contributed by atoms with Crippen molar-refractivity contribution in [3.05, 3.63) is 42.0 Å². The van der Waals surface area contributed by atoms with Gasteiger partial charge in [-0.1, -0.05) is 19.9 Å². The van der Waals surface area contributed by atoms with Gasteiger partial charge in [0, 0.05) is 13.1 Å². The van der Waals surface area contributed by atoms with Crippen LogP contribution in [0.5, 0.6) is 17.2 Å². The Morgan fingerprint density at radius 3 is 2.43 bits per heavy atom. The highest BCUT2D eigenvalue weighted by Crippen LogP contribution is 2.35. The van der Waals surface area contributed by atoms with E-state index in [9.17, 15) is 18.0 Å². The van der Waals surface area contributed by atoms with E-state index in [1.165, 1.54) is 27.4 Å². The smallest absolute Gasteiger partial charge is 0.265 e. The van der Waals surface area contributed by atoms with Gasteiger partial charge in [0.1, 0.15) is 25.5 Å². The predicted octanol–water partition coefficient (Wildman–Crippen LogP) is 2.09. The second-order valence-corrected chi connectivity index (χ2v) is 10.1. The number of sulfonamides is 1. The van der Waals surface area contributed by atoms with Gasteiger partial charge >= 0.3 is 0 Å². The third-order valence-electron chi connectivity index (χ3n) is 5.96. The quantitative estimate of drug-likeness (QED) is 0.587. The van der Waals surface area contributed by atoms with E-state index in [1.807, 2.05) is 19.1 Å². The molecule has 2 heterocycles. The number of anilines is 1. The lowest BCUT2D eigenvalue weighted by Gasteiger charge is -2.30. The Bertz CT molecular complexity index is 1230. The van der Waals surface area contributed by atoms with Crippen molar-refractivity contribution in [2.24, 2.45) is 0 Å². The molecule has 0 spiro atoms. The van der Waals surface area contributed by atoms with Gasteiger partial charge in [-0.2, -0.15) is 4.31 Å².